The van der Waals surface area contributed by atoms with Crippen LogP contribution < -0.4 is 5.14 Å². The summed E-state index contributed by atoms with van der Waals surface area (Å²) in [5.41, 5.74) is 2.24. The Kier molecular flexibility index (Phi) is 4.56. The molecule has 0 bridgehead atoms. The van der Waals surface area contributed by atoms with Crippen LogP contribution in [-0.2, 0) is 10.0 Å². The maximum Gasteiger partial charge on any atom is 0.238 e. The highest BCUT2D eigenvalue weighted by molar-refractivity contribution is 7.89. The molecule has 0 radical (unpaired) electrons. The molecule has 9 heteroatoms. The highest BCUT2D eigenvalue weighted by atomic mass is 32.2. The lowest BCUT2D eigenvalue weighted by Crippen LogP contribution is -2.11. The first kappa shape index (κ1) is 18.5. The number of sulfonamides is 1. The molecule has 4 rings (SSSR count). The molecule has 0 saturated carbocycles. The Morgan fingerprint density at radius 1 is 1.25 bits per heavy atom. The molecule has 1 unspecified atom stereocenters. The van der Waals surface area contributed by atoms with E-state index in [1.54, 1.807) is 30.5 Å². The van der Waals surface area contributed by atoms with Gasteiger partial charge in [0.2, 0.25) is 10.0 Å². The Labute approximate surface area is 162 Å². The number of furan rings is 1. The van der Waals surface area contributed by atoms with E-state index in [0.29, 0.717) is 22.9 Å². The molecule has 0 saturated heterocycles. The van der Waals surface area contributed by atoms with Crippen molar-refractivity contribution in [2.45, 2.75) is 37.6 Å². The molecule has 4 aromatic rings. The fourth-order valence-corrected chi connectivity index (χ4v) is 3.80. The van der Waals surface area contributed by atoms with Gasteiger partial charge in [-0.1, -0.05) is 25.5 Å². The summed E-state index contributed by atoms with van der Waals surface area (Å²) in [6.45, 7) is 4.26. The molecule has 0 aliphatic rings. The topological polar surface area (TPSA) is 120 Å². The van der Waals surface area contributed by atoms with Gasteiger partial charge in [-0.15, -0.1) is 0 Å². The van der Waals surface area contributed by atoms with E-state index in [1.807, 2.05) is 4.68 Å². The van der Waals surface area contributed by atoms with Gasteiger partial charge in [-0.3, -0.25) is 0 Å². The van der Waals surface area contributed by atoms with Crippen molar-refractivity contribution < 1.29 is 12.8 Å². The van der Waals surface area contributed by atoms with Crippen molar-refractivity contribution in [2.75, 3.05) is 0 Å². The molecule has 3 heterocycles. The van der Waals surface area contributed by atoms with Gasteiger partial charge in [0.15, 0.2) is 17.2 Å². The molecule has 0 aliphatic heterocycles. The van der Waals surface area contributed by atoms with Crippen LogP contribution in [0.5, 0.6) is 0 Å². The molecule has 146 valence electrons. The summed E-state index contributed by atoms with van der Waals surface area (Å²) >= 11 is 0. The number of nitrogens with zero attached hydrogens (tertiary/aromatic N) is 3. The van der Waals surface area contributed by atoms with Crippen LogP contribution in [0.1, 0.15) is 32.7 Å². The third-order valence-electron chi connectivity index (χ3n) is 4.65. The van der Waals surface area contributed by atoms with E-state index in [1.165, 1.54) is 12.1 Å². The van der Waals surface area contributed by atoms with E-state index in [-0.39, 0.29) is 10.9 Å². The third-order valence-corrected chi connectivity index (χ3v) is 5.56. The molecule has 3 aromatic heterocycles. The molecule has 3 N–H and O–H groups in total. The zero-order chi connectivity index (χ0) is 19.9. The number of imidazole rings is 1. The van der Waals surface area contributed by atoms with Gasteiger partial charge in [0.05, 0.1) is 17.1 Å². The second kappa shape index (κ2) is 6.92. The predicted octanol–water partition coefficient (Wildman–Crippen LogP) is 3.69. The number of aromatic nitrogens is 4. The van der Waals surface area contributed by atoms with Crippen molar-refractivity contribution in [3.05, 3.63) is 42.6 Å². The Hall–Kier alpha value is -2.91. The lowest BCUT2D eigenvalue weighted by Gasteiger charge is -2.10. The zero-order valence-corrected chi connectivity index (χ0v) is 16.4. The molecule has 0 amide bonds. The standard InChI is InChI=1S/C19H21N5O3S/c1-3-5-12(2)24-19-15(11-21-24)22-18(23-19)17-9-8-16(27-17)13-6-4-7-14(10-13)28(20,25)26/h4,6-12H,3,5H2,1-2H3,(H,22,23)(H2,20,25,26). The molecular formula is C19H21N5O3S. The highest BCUT2D eigenvalue weighted by Gasteiger charge is 2.17. The number of aromatic amines is 1. The van der Waals surface area contributed by atoms with Crippen molar-refractivity contribution in [3.63, 3.8) is 0 Å². The number of hydrogen-bond acceptors (Lipinski definition) is 5. The first-order valence-corrected chi connectivity index (χ1v) is 10.6. The second-order valence-electron chi connectivity index (χ2n) is 6.79. The van der Waals surface area contributed by atoms with E-state index < -0.39 is 10.0 Å². The summed E-state index contributed by atoms with van der Waals surface area (Å²) in [6, 6.07) is 10.2. The minimum atomic E-state index is -3.78. The Morgan fingerprint density at radius 2 is 2.04 bits per heavy atom. The van der Waals surface area contributed by atoms with Gasteiger partial charge in [0.1, 0.15) is 11.3 Å². The van der Waals surface area contributed by atoms with Crippen LogP contribution in [0.3, 0.4) is 0 Å². The quantitative estimate of drug-likeness (QED) is 0.512. The van der Waals surface area contributed by atoms with E-state index in [0.717, 1.165) is 24.0 Å². The molecule has 0 fully saturated rings. The van der Waals surface area contributed by atoms with Crippen molar-refractivity contribution in [1.29, 1.82) is 0 Å². The summed E-state index contributed by atoms with van der Waals surface area (Å²) in [7, 11) is -3.78. The first-order chi connectivity index (χ1) is 13.4. The molecule has 8 nitrogen and oxygen atoms in total. The normalized spacial score (nSPS) is 13.2. The largest absolute Gasteiger partial charge is 0.453 e. The van der Waals surface area contributed by atoms with Gasteiger partial charge in [0.25, 0.3) is 0 Å². The first-order valence-electron chi connectivity index (χ1n) is 9.03. The maximum absolute atomic E-state index is 11.6. The van der Waals surface area contributed by atoms with E-state index in [2.05, 4.69) is 28.9 Å². The second-order valence-corrected chi connectivity index (χ2v) is 8.35. The minimum Gasteiger partial charge on any atom is -0.453 e. The number of nitrogens with one attached hydrogen (secondary N) is 1. The number of primary sulfonamides is 1. The van der Waals surface area contributed by atoms with Gasteiger partial charge < -0.3 is 9.40 Å². The van der Waals surface area contributed by atoms with Crippen molar-refractivity contribution in [3.8, 4) is 22.9 Å². The summed E-state index contributed by atoms with van der Waals surface area (Å²) in [5.74, 6) is 1.68. The van der Waals surface area contributed by atoms with E-state index in [9.17, 15) is 8.42 Å². The molecule has 0 aliphatic carbocycles. The van der Waals surface area contributed by atoms with Gasteiger partial charge in [0, 0.05) is 5.56 Å². The van der Waals surface area contributed by atoms with E-state index >= 15 is 0 Å². The SMILES string of the molecule is CCCC(C)n1ncc2[nH]c(-c3ccc(-c4cccc(S(N)(=O)=O)c4)o3)nc21. The van der Waals surface area contributed by atoms with Gasteiger partial charge in [-0.25, -0.2) is 23.2 Å². The number of fused-ring (bicyclic) bond motifs is 1. The summed E-state index contributed by atoms with van der Waals surface area (Å²) in [5, 5.41) is 9.63. The smallest absolute Gasteiger partial charge is 0.238 e. The van der Waals surface area contributed by atoms with Crippen LogP contribution in [0, 0.1) is 0 Å². The average molecular weight is 399 g/mol. The third kappa shape index (κ3) is 3.34. The molecular weight excluding hydrogens is 378 g/mol. The van der Waals surface area contributed by atoms with Crippen LogP contribution >= 0.6 is 0 Å². The molecule has 1 aromatic carbocycles. The fourth-order valence-electron chi connectivity index (χ4n) is 3.24. The zero-order valence-electron chi connectivity index (χ0n) is 15.6. The van der Waals surface area contributed by atoms with Crippen LogP contribution in [0.25, 0.3) is 34.1 Å². The fraction of sp³-hybridized carbons (Fsp3) is 0.263. The summed E-state index contributed by atoms with van der Waals surface area (Å²) < 4.78 is 31.0. The number of hydrogen-bond donors (Lipinski definition) is 2. The lowest BCUT2D eigenvalue weighted by atomic mass is 10.2. The average Bonchev–Trinajstić information content (AvgIpc) is 3.36. The van der Waals surface area contributed by atoms with Crippen LogP contribution in [0.4, 0.5) is 0 Å². The minimum absolute atomic E-state index is 0.0386. The predicted molar refractivity (Wildman–Crippen MR) is 106 cm³/mol. The van der Waals surface area contributed by atoms with Crippen molar-refractivity contribution >= 4 is 21.2 Å². The molecule has 1 atom stereocenters. The van der Waals surface area contributed by atoms with Crippen LogP contribution in [-0.4, -0.2) is 28.2 Å². The number of nitrogens with two attached hydrogens (primary N) is 1. The maximum atomic E-state index is 11.6. The highest BCUT2D eigenvalue weighted by Crippen LogP contribution is 2.30. The monoisotopic (exact) mass is 399 g/mol. The van der Waals surface area contributed by atoms with Crippen molar-refractivity contribution in [1.82, 2.24) is 19.7 Å². The number of rotatable bonds is 6. The van der Waals surface area contributed by atoms with Gasteiger partial charge >= 0.3 is 0 Å². The Morgan fingerprint density at radius 3 is 2.79 bits per heavy atom. The van der Waals surface area contributed by atoms with Gasteiger partial charge in [-0.05, 0) is 37.6 Å². The lowest BCUT2D eigenvalue weighted by molar-refractivity contribution is 0.465. The van der Waals surface area contributed by atoms with Gasteiger partial charge in [-0.2, -0.15) is 5.10 Å². The number of H-pyrrole nitrogens is 1. The number of benzene rings is 1. The molecule has 28 heavy (non-hydrogen) atoms. The van der Waals surface area contributed by atoms with Crippen molar-refractivity contribution in [2.24, 2.45) is 5.14 Å². The Bertz CT molecular complexity index is 1240. The summed E-state index contributed by atoms with van der Waals surface area (Å²) in [4.78, 5) is 7.91. The summed E-state index contributed by atoms with van der Waals surface area (Å²) in [6.07, 6.45) is 3.85. The van der Waals surface area contributed by atoms with Crippen LogP contribution in [0.15, 0.2) is 51.9 Å². The molecule has 0 spiro atoms. The van der Waals surface area contributed by atoms with E-state index in [4.69, 9.17) is 9.56 Å². The van der Waals surface area contributed by atoms with Crippen LogP contribution in [0.2, 0.25) is 0 Å². The Balaban J connectivity index is 1.68.